The minimum atomic E-state index is -0.702. The summed E-state index contributed by atoms with van der Waals surface area (Å²) in [5, 5.41) is 2.65. The molecular formula is C12H17NO6. The Kier molecular flexibility index (Phi) is 5.02. The lowest BCUT2D eigenvalue weighted by Crippen LogP contribution is -2.35. The molecule has 7 nitrogen and oxygen atoms in total. The van der Waals surface area contributed by atoms with Gasteiger partial charge in [0, 0.05) is 13.2 Å². The molecule has 2 heterocycles. The van der Waals surface area contributed by atoms with Crippen molar-refractivity contribution in [3.63, 3.8) is 0 Å². The van der Waals surface area contributed by atoms with Crippen LogP contribution in [0.3, 0.4) is 0 Å². The highest BCUT2D eigenvalue weighted by molar-refractivity contribution is 5.88. The van der Waals surface area contributed by atoms with Crippen LogP contribution in [0.4, 0.5) is 0 Å². The summed E-state index contributed by atoms with van der Waals surface area (Å²) in [7, 11) is 0. The maximum Gasteiger partial charge on any atom is 0.377 e. The molecule has 1 fully saturated rings. The molecule has 0 radical (unpaired) electrons. The van der Waals surface area contributed by atoms with E-state index in [1.807, 2.05) is 0 Å². The van der Waals surface area contributed by atoms with E-state index in [-0.39, 0.29) is 24.4 Å². The van der Waals surface area contributed by atoms with Crippen molar-refractivity contribution < 1.29 is 28.5 Å². The van der Waals surface area contributed by atoms with Gasteiger partial charge in [0.1, 0.15) is 19.5 Å². The highest BCUT2D eigenvalue weighted by Crippen LogP contribution is 2.10. The van der Waals surface area contributed by atoms with Crippen molar-refractivity contribution >= 4 is 11.9 Å². The Morgan fingerprint density at radius 1 is 1.37 bits per heavy atom. The first-order chi connectivity index (χ1) is 9.25. The highest BCUT2D eigenvalue weighted by Gasteiger charge is 2.19. The Morgan fingerprint density at radius 2 is 2.26 bits per heavy atom. The lowest BCUT2D eigenvalue weighted by Gasteiger charge is -2.14. The Balaban J connectivity index is 1.62. The minimum absolute atomic E-state index is 0.0156. The monoisotopic (exact) mass is 271 g/mol. The van der Waals surface area contributed by atoms with Gasteiger partial charge in [-0.25, -0.2) is 4.79 Å². The Hall–Kier alpha value is -1.76. The van der Waals surface area contributed by atoms with Gasteiger partial charge in [0.15, 0.2) is 6.61 Å². The molecule has 0 aromatic carbocycles. The van der Waals surface area contributed by atoms with Crippen molar-refractivity contribution in [2.24, 2.45) is 0 Å². The van der Waals surface area contributed by atoms with Crippen LogP contribution in [0.1, 0.15) is 12.8 Å². The second-order valence-corrected chi connectivity index (χ2v) is 4.22. The topological polar surface area (TPSA) is 83.1 Å². The zero-order chi connectivity index (χ0) is 13.5. The van der Waals surface area contributed by atoms with E-state index in [0.29, 0.717) is 19.8 Å². The van der Waals surface area contributed by atoms with E-state index in [2.05, 4.69) is 5.32 Å². The third-order valence-electron chi connectivity index (χ3n) is 2.74. The first kappa shape index (κ1) is 13.7. The number of hydrogen-bond acceptors (Lipinski definition) is 6. The normalized spacial score (nSPS) is 21.9. The van der Waals surface area contributed by atoms with Gasteiger partial charge in [0.2, 0.25) is 5.76 Å². The number of hydrogen-bond donors (Lipinski definition) is 1. The van der Waals surface area contributed by atoms with Crippen molar-refractivity contribution in [3.8, 4) is 0 Å². The van der Waals surface area contributed by atoms with E-state index in [1.165, 1.54) is 6.26 Å². The second kappa shape index (κ2) is 6.98. The van der Waals surface area contributed by atoms with Gasteiger partial charge in [-0.1, -0.05) is 0 Å². The predicted molar refractivity (Wildman–Crippen MR) is 62.9 cm³/mol. The fourth-order valence-electron chi connectivity index (χ4n) is 1.76. The zero-order valence-corrected chi connectivity index (χ0v) is 10.6. The van der Waals surface area contributed by atoms with Crippen LogP contribution in [-0.2, 0) is 28.5 Å². The number of carbonyl (C=O) groups excluding carboxylic acids is 2. The van der Waals surface area contributed by atoms with Gasteiger partial charge in [-0.2, -0.15) is 0 Å². The van der Waals surface area contributed by atoms with E-state index in [4.69, 9.17) is 18.9 Å². The largest absolute Gasteiger partial charge is 0.493 e. The lowest BCUT2D eigenvalue weighted by atomic mass is 10.2. The summed E-state index contributed by atoms with van der Waals surface area (Å²) in [6.45, 7) is 1.54. The van der Waals surface area contributed by atoms with Gasteiger partial charge in [0.25, 0.3) is 5.91 Å². The average Bonchev–Trinajstić information content (AvgIpc) is 2.96. The van der Waals surface area contributed by atoms with Crippen LogP contribution >= 0.6 is 0 Å². The first-order valence-electron chi connectivity index (χ1n) is 6.25. The molecule has 0 saturated carbocycles. The summed E-state index contributed by atoms with van der Waals surface area (Å²) in [6, 6.07) is 0. The molecule has 1 N–H and O–H groups in total. The summed E-state index contributed by atoms with van der Waals surface area (Å²) in [5.74, 6) is -1.08. The van der Waals surface area contributed by atoms with Gasteiger partial charge in [-0.3, -0.25) is 4.79 Å². The van der Waals surface area contributed by atoms with Crippen LogP contribution in [0.2, 0.25) is 0 Å². The molecule has 0 aromatic heterocycles. The van der Waals surface area contributed by atoms with Gasteiger partial charge >= 0.3 is 5.97 Å². The molecule has 1 atom stereocenters. The predicted octanol–water partition coefficient (Wildman–Crippen LogP) is -0.287. The average molecular weight is 271 g/mol. The van der Waals surface area contributed by atoms with Crippen LogP contribution in [0.5, 0.6) is 0 Å². The Morgan fingerprint density at radius 3 is 2.95 bits per heavy atom. The van der Waals surface area contributed by atoms with E-state index < -0.39 is 5.97 Å². The van der Waals surface area contributed by atoms with Crippen molar-refractivity contribution in [3.05, 3.63) is 12.0 Å². The van der Waals surface area contributed by atoms with Crippen LogP contribution in [0.15, 0.2) is 12.0 Å². The highest BCUT2D eigenvalue weighted by atomic mass is 16.6. The number of amides is 1. The molecule has 2 aliphatic heterocycles. The summed E-state index contributed by atoms with van der Waals surface area (Å²) in [5.41, 5.74) is 0. The number of nitrogens with one attached hydrogen (secondary N) is 1. The molecule has 2 aliphatic rings. The molecular weight excluding hydrogens is 254 g/mol. The van der Waals surface area contributed by atoms with Crippen molar-refractivity contribution in [2.45, 2.75) is 18.9 Å². The molecule has 2 rings (SSSR count). The quantitative estimate of drug-likeness (QED) is 0.692. The zero-order valence-electron chi connectivity index (χ0n) is 10.6. The van der Waals surface area contributed by atoms with Crippen molar-refractivity contribution in [2.75, 3.05) is 33.0 Å². The Labute approximate surface area is 110 Å². The van der Waals surface area contributed by atoms with Crippen LogP contribution < -0.4 is 5.32 Å². The van der Waals surface area contributed by atoms with Crippen LogP contribution in [0.25, 0.3) is 0 Å². The molecule has 0 bridgehead atoms. The maximum atomic E-state index is 11.5. The molecule has 0 spiro atoms. The fraction of sp³-hybridized carbons (Fsp3) is 0.667. The summed E-state index contributed by atoms with van der Waals surface area (Å²) in [6.07, 6.45) is 3.22. The van der Waals surface area contributed by atoms with Crippen LogP contribution in [-0.4, -0.2) is 51.0 Å². The minimum Gasteiger partial charge on any atom is -0.493 e. The molecule has 106 valence electrons. The third kappa shape index (κ3) is 4.44. The molecule has 1 saturated heterocycles. The number of esters is 1. The number of rotatable bonds is 5. The molecule has 0 aliphatic carbocycles. The number of carbonyl (C=O) groups is 2. The molecule has 19 heavy (non-hydrogen) atoms. The molecule has 0 unspecified atom stereocenters. The number of ether oxygens (including phenoxy) is 4. The fourth-order valence-corrected chi connectivity index (χ4v) is 1.76. The molecule has 7 heteroatoms. The standard InChI is InChI=1S/C12H17NO6/c14-11(13-6-9-2-1-3-17-9)8-19-12(15)10-7-16-4-5-18-10/h7,9H,1-6,8H2,(H,13,14)/t9-/m0/s1. The van der Waals surface area contributed by atoms with E-state index in [0.717, 1.165) is 19.4 Å². The lowest BCUT2D eigenvalue weighted by molar-refractivity contribution is -0.149. The van der Waals surface area contributed by atoms with Gasteiger partial charge in [-0.15, -0.1) is 0 Å². The maximum absolute atomic E-state index is 11.5. The summed E-state index contributed by atoms with van der Waals surface area (Å²) in [4.78, 5) is 22.9. The SMILES string of the molecule is O=C(COC(=O)C1=COCCO1)NC[C@@H]1CCCO1. The van der Waals surface area contributed by atoms with Gasteiger partial charge < -0.3 is 24.3 Å². The third-order valence-corrected chi connectivity index (χ3v) is 2.74. The van der Waals surface area contributed by atoms with Gasteiger partial charge in [-0.05, 0) is 12.8 Å². The van der Waals surface area contributed by atoms with Crippen LogP contribution in [0, 0.1) is 0 Å². The summed E-state index contributed by atoms with van der Waals surface area (Å²) >= 11 is 0. The Bertz CT molecular complexity index is 361. The van der Waals surface area contributed by atoms with Crippen molar-refractivity contribution in [1.82, 2.24) is 5.32 Å². The molecule has 1 amide bonds. The van der Waals surface area contributed by atoms with E-state index >= 15 is 0 Å². The summed E-state index contributed by atoms with van der Waals surface area (Å²) < 4.78 is 20.1. The van der Waals surface area contributed by atoms with Crippen molar-refractivity contribution in [1.29, 1.82) is 0 Å². The van der Waals surface area contributed by atoms with Gasteiger partial charge in [0.05, 0.1) is 6.10 Å². The second-order valence-electron chi connectivity index (χ2n) is 4.22. The van der Waals surface area contributed by atoms with E-state index in [1.54, 1.807) is 0 Å². The molecule has 0 aromatic rings. The first-order valence-corrected chi connectivity index (χ1v) is 6.25. The van der Waals surface area contributed by atoms with E-state index in [9.17, 15) is 9.59 Å². The smallest absolute Gasteiger partial charge is 0.377 e.